The molecule has 0 aliphatic rings. The molecule has 0 saturated carbocycles. The highest BCUT2D eigenvalue weighted by molar-refractivity contribution is 5.93. The van der Waals surface area contributed by atoms with Crippen LogP contribution in [0.2, 0.25) is 0 Å². The minimum atomic E-state index is -0.444. The van der Waals surface area contributed by atoms with E-state index in [1.807, 2.05) is 13.8 Å². The van der Waals surface area contributed by atoms with E-state index in [0.29, 0.717) is 24.3 Å². The molecule has 0 aromatic carbocycles. The minimum absolute atomic E-state index is 0.0759. The molecule has 0 saturated heterocycles. The molecule has 0 aliphatic heterocycles. The first-order valence-corrected chi connectivity index (χ1v) is 6.68. The van der Waals surface area contributed by atoms with Gasteiger partial charge in [0, 0.05) is 19.3 Å². The van der Waals surface area contributed by atoms with Crippen LogP contribution < -0.4 is 10.9 Å². The van der Waals surface area contributed by atoms with Gasteiger partial charge in [-0.1, -0.05) is 13.8 Å². The minimum Gasteiger partial charge on any atom is -0.351 e. The van der Waals surface area contributed by atoms with Gasteiger partial charge < -0.3 is 5.32 Å². The quantitative estimate of drug-likeness (QED) is 0.908. The number of hydrogen-bond donors (Lipinski definition) is 1. The standard InChI is InChI=1S/C14H18N4O2/c1-4-15-13(19)11-14(20)18(8-9(2)3)12-10(17-11)6-5-7-16-12/h5-7,9H,4,8H2,1-3H3,(H,15,19). The number of nitrogens with zero attached hydrogens (tertiary/aromatic N) is 3. The van der Waals surface area contributed by atoms with Gasteiger partial charge in [0.25, 0.3) is 11.5 Å². The van der Waals surface area contributed by atoms with Crippen molar-refractivity contribution in [2.45, 2.75) is 27.3 Å². The van der Waals surface area contributed by atoms with E-state index in [1.54, 1.807) is 25.3 Å². The van der Waals surface area contributed by atoms with E-state index in [4.69, 9.17) is 0 Å². The fourth-order valence-corrected chi connectivity index (χ4v) is 2.00. The smallest absolute Gasteiger partial charge is 0.283 e. The Morgan fingerprint density at radius 1 is 1.45 bits per heavy atom. The molecule has 2 rings (SSSR count). The summed E-state index contributed by atoms with van der Waals surface area (Å²) >= 11 is 0. The lowest BCUT2D eigenvalue weighted by molar-refractivity contribution is 0.0949. The molecule has 0 bridgehead atoms. The van der Waals surface area contributed by atoms with Gasteiger partial charge in [-0.3, -0.25) is 14.2 Å². The van der Waals surface area contributed by atoms with Gasteiger partial charge >= 0.3 is 0 Å². The number of nitrogens with one attached hydrogen (secondary N) is 1. The second-order valence-corrected chi connectivity index (χ2v) is 4.98. The molecule has 0 fully saturated rings. The Labute approximate surface area is 116 Å². The number of aromatic nitrogens is 3. The summed E-state index contributed by atoms with van der Waals surface area (Å²) in [5.41, 5.74) is 0.595. The van der Waals surface area contributed by atoms with Crippen molar-refractivity contribution in [3.8, 4) is 0 Å². The van der Waals surface area contributed by atoms with Crippen molar-refractivity contribution in [1.29, 1.82) is 0 Å². The van der Waals surface area contributed by atoms with Crippen LogP contribution in [0.5, 0.6) is 0 Å². The highest BCUT2D eigenvalue weighted by atomic mass is 16.2. The van der Waals surface area contributed by atoms with Crippen LogP contribution in [0.25, 0.3) is 11.2 Å². The maximum Gasteiger partial charge on any atom is 0.283 e. The van der Waals surface area contributed by atoms with E-state index >= 15 is 0 Å². The predicted octanol–water partition coefficient (Wildman–Crippen LogP) is 1.20. The summed E-state index contributed by atoms with van der Waals surface area (Å²) in [7, 11) is 0. The third-order valence-electron chi connectivity index (χ3n) is 2.80. The Kier molecular flexibility index (Phi) is 4.12. The summed E-state index contributed by atoms with van der Waals surface area (Å²) < 4.78 is 1.53. The van der Waals surface area contributed by atoms with Gasteiger partial charge in [-0.2, -0.15) is 0 Å². The molecule has 0 unspecified atom stereocenters. The molecule has 2 aromatic rings. The number of rotatable bonds is 4. The van der Waals surface area contributed by atoms with Crippen molar-refractivity contribution in [3.05, 3.63) is 34.4 Å². The van der Waals surface area contributed by atoms with Gasteiger partial charge in [0.1, 0.15) is 5.52 Å². The van der Waals surface area contributed by atoms with Gasteiger partial charge in [-0.05, 0) is 25.0 Å². The second-order valence-electron chi connectivity index (χ2n) is 4.98. The first kappa shape index (κ1) is 14.2. The van der Waals surface area contributed by atoms with E-state index in [2.05, 4.69) is 15.3 Å². The fraction of sp³-hybridized carbons (Fsp3) is 0.429. The molecule has 6 heteroatoms. The van der Waals surface area contributed by atoms with Crippen LogP contribution >= 0.6 is 0 Å². The highest BCUT2D eigenvalue weighted by Crippen LogP contribution is 2.09. The number of hydrogen-bond acceptors (Lipinski definition) is 4. The Morgan fingerprint density at radius 2 is 2.20 bits per heavy atom. The normalized spacial score (nSPS) is 11.0. The van der Waals surface area contributed by atoms with Crippen LogP contribution in [-0.4, -0.2) is 27.0 Å². The molecular formula is C14H18N4O2. The lowest BCUT2D eigenvalue weighted by Gasteiger charge is -2.12. The van der Waals surface area contributed by atoms with Crippen LogP contribution in [0.15, 0.2) is 23.1 Å². The maximum absolute atomic E-state index is 12.4. The van der Waals surface area contributed by atoms with Crippen molar-refractivity contribution < 1.29 is 4.79 Å². The van der Waals surface area contributed by atoms with Crippen LogP contribution in [-0.2, 0) is 6.54 Å². The summed E-state index contributed by atoms with van der Waals surface area (Å²) in [4.78, 5) is 32.7. The predicted molar refractivity (Wildman–Crippen MR) is 76.6 cm³/mol. The zero-order valence-corrected chi connectivity index (χ0v) is 11.9. The SMILES string of the molecule is CCNC(=O)c1nc2cccnc2n(CC(C)C)c1=O. The van der Waals surface area contributed by atoms with E-state index in [0.717, 1.165) is 0 Å². The van der Waals surface area contributed by atoms with Gasteiger partial charge in [0.2, 0.25) is 0 Å². The molecular weight excluding hydrogens is 256 g/mol. The zero-order valence-electron chi connectivity index (χ0n) is 11.9. The van der Waals surface area contributed by atoms with Crippen LogP contribution in [0.3, 0.4) is 0 Å². The highest BCUT2D eigenvalue weighted by Gasteiger charge is 2.17. The third-order valence-corrected chi connectivity index (χ3v) is 2.80. The largest absolute Gasteiger partial charge is 0.351 e. The van der Waals surface area contributed by atoms with Gasteiger partial charge in [-0.15, -0.1) is 0 Å². The van der Waals surface area contributed by atoms with Crippen molar-refractivity contribution in [1.82, 2.24) is 19.9 Å². The van der Waals surface area contributed by atoms with Gasteiger partial charge in [0.05, 0.1) is 0 Å². The second kappa shape index (κ2) is 5.81. The monoisotopic (exact) mass is 274 g/mol. The molecule has 6 nitrogen and oxygen atoms in total. The van der Waals surface area contributed by atoms with E-state index in [-0.39, 0.29) is 11.6 Å². The molecule has 0 spiro atoms. The van der Waals surface area contributed by atoms with Crippen LogP contribution in [0.1, 0.15) is 31.3 Å². The molecule has 20 heavy (non-hydrogen) atoms. The van der Waals surface area contributed by atoms with Crippen molar-refractivity contribution in [2.75, 3.05) is 6.54 Å². The zero-order chi connectivity index (χ0) is 14.7. The molecule has 0 aliphatic carbocycles. The lowest BCUT2D eigenvalue weighted by atomic mass is 10.2. The summed E-state index contributed by atoms with van der Waals surface area (Å²) in [6, 6.07) is 3.49. The molecule has 1 amide bonds. The third kappa shape index (κ3) is 2.68. The van der Waals surface area contributed by atoms with E-state index in [9.17, 15) is 9.59 Å². The first-order chi connectivity index (χ1) is 9.54. The van der Waals surface area contributed by atoms with Crippen molar-refractivity contribution in [3.63, 3.8) is 0 Å². The number of fused-ring (bicyclic) bond motifs is 1. The molecule has 106 valence electrons. The molecule has 0 radical (unpaired) electrons. The first-order valence-electron chi connectivity index (χ1n) is 6.68. The lowest BCUT2D eigenvalue weighted by Crippen LogP contribution is -2.35. The Balaban J connectivity index is 2.69. The summed E-state index contributed by atoms with van der Waals surface area (Å²) in [6.07, 6.45) is 1.62. The molecule has 2 aromatic heterocycles. The van der Waals surface area contributed by atoms with Crippen LogP contribution in [0, 0.1) is 5.92 Å². The fourth-order valence-electron chi connectivity index (χ4n) is 2.00. The number of pyridine rings is 1. The summed E-state index contributed by atoms with van der Waals surface area (Å²) in [5, 5.41) is 2.61. The number of carbonyl (C=O) groups is 1. The van der Waals surface area contributed by atoms with Crippen molar-refractivity contribution >= 4 is 17.1 Å². The summed E-state index contributed by atoms with van der Waals surface area (Å²) in [5.74, 6) is -0.178. The van der Waals surface area contributed by atoms with Crippen molar-refractivity contribution in [2.24, 2.45) is 5.92 Å². The molecule has 2 heterocycles. The van der Waals surface area contributed by atoms with Gasteiger partial charge in [0.15, 0.2) is 11.3 Å². The maximum atomic E-state index is 12.4. The average Bonchev–Trinajstić information content (AvgIpc) is 2.41. The van der Waals surface area contributed by atoms with Gasteiger partial charge in [-0.25, -0.2) is 9.97 Å². The Bertz CT molecular complexity index is 691. The molecule has 0 atom stereocenters. The Hall–Kier alpha value is -2.24. The van der Waals surface area contributed by atoms with E-state index < -0.39 is 11.5 Å². The Morgan fingerprint density at radius 3 is 2.85 bits per heavy atom. The molecule has 1 N–H and O–H groups in total. The number of carbonyl (C=O) groups excluding carboxylic acids is 1. The van der Waals surface area contributed by atoms with E-state index in [1.165, 1.54) is 4.57 Å². The summed E-state index contributed by atoms with van der Waals surface area (Å²) in [6.45, 7) is 6.77. The topological polar surface area (TPSA) is 76.9 Å². The average molecular weight is 274 g/mol. The number of amides is 1. The van der Waals surface area contributed by atoms with Crippen LogP contribution in [0.4, 0.5) is 0 Å².